The standard InChI is InChI=1S/2C13H14N2O2/c14-10-6-8(1-3-12(10)16)5-9-2-4-13(17)11(15)7-9;14-10-3-1-8(6-12(10)16)5-9-2-4-11(15)13(17)7-9/h2*1-4,6-7,16-17H,5,14-15H2. The number of hydrogen-bond donors (Lipinski definition) is 8. The topological polar surface area (TPSA) is 185 Å². The van der Waals surface area contributed by atoms with Crippen LogP contribution in [0.5, 0.6) is 23.0 Å². The monoisotopic (exact) mass is 460 g/mol. The third-order valence-corrected chi connectivity index (χ3v) is 5.19. The maximum atomic E-state index is 9.48. The van der Waals surface area contributed by atoms with Gasteiger partial charge in [0, 0.05) is 0 Å². The molecular weight excluding hydrogens is 432 g/mol. The van der Waals surface area contributed by atoms with Gasteiger partial charge in [0.25, 0.3) is 0 Å². The summed E-state index contributed by atoms with van der Waals surface area (Å²) in [5.74, 6) is 0.308. The van der Waals surface area contributed by atoms with Gasteiger partial charge in [0.2, 0.25) is 0 Å². The smallest absolute Gasteiger partial charge is 0.138 e. The Bertz CT molecular complexity index is 1110. The minimum atomic E-state index is 0.0715. The van der Waals surface area contributed by atoms with Gasteiger partial charge in [-0.15, -0.1) is 0 Å². The number of phenols is 4. The fourth-order valence-corrected chi connectivity index (χ4v) is 3.30. The minimum Gasteiger partial charge on any atom is -0.506 e. The van der Waals surface area contributed by atoms with E-state index >= 15 is 0 Å². The normalized spacial score (nSPS) is 10.4. The van der Waals surface area contributed by atoms with Gasteiger partial charge in [0.05, 0.1) is 22.7 Å². The molecule has 4 aromatic rings. The van der Waals surface area contributed by atoms with E-state index in [4.69, 9.17) is 22.9 Å². The first-order valence-corrected chi connectivity index (χ1v) is 10.4. The molecule has 4 rings (SSSR count). The zero-order valence-electron chi connectivity index (χ0n) is 18.4. The van der Waals surface area contributed by atoms with E-state index in [2.05, 4.69) is 0 Å². The fraction of sp³-hybridized carbons (Fsp3) is 0.0769. The van der Waals surface area contributed by atoms with Crippen molar-refractivity contribution in [1.82, 2.24) is 0 Å². The van der Waals surface area contributed by atoms with E-state index in [1.807, 2.05) is 12.1 Å². The third-order valence-electron chi connectivity index (χ3n) is 5.19. The van der Waals surface area contributed by atoms with Crippen molar-refractivity contribution in [2.75, 3.05) is 22.9 Å². The van der Waals surface area contributed by atoms with Crippen LogP contribution in [-0.2, 0) is 12.8 Å². The number of benzene rings is 4. The molecule has 0 fully saturated rings. The van der Waals surface area contributed by atoms with Crippen LogP contribution >= 0.6 is 0 Å². The van der Waals surface area contributed by atoms with Gasteiger partial charge in [-0.25, -0.2) is 0 Å². The molecule has 34 heavy (non-hydrogen) atoms. The molecule has 0 radical (unpaired) electrons. The van der Waals surface area contributed by atoms with E-state index in [-0.39, 0.29) is 23.0 Å². The molecule has 0 aliphatic rings. The zero-order chi connectivity index (χ0) is 24.8. The highest BCUT2D eigenvalue weighted by Gasteiger charge is 2.04. The second-order valence-electron chi connectivity index (χ2n) is 7.93. The Hall–Kier alpha value is -4.72. The molecule has 8 heteroatoms. The quantitative estimate of drug-likeness (QED) is 0.167. The summed E-state index contributed by atoms with van der Waals surface area (Å²) in [5.41, 5.74) is 27.5. The number of nitrogens with two attached hydrogens (primary N) is 4. The first-order chi connectivity index (χ1) is 16.1. The molecule has 0 bridgehead atoms. The Labute approximate surface area is 197 Å². The molecule has 0 aliphatic heterocycles. The molecule has 176 valence electrons. The Kier molecular flexibility index (Phi) is 7.23. The molecule has 0 aliphatic carbocycles. The van der Waals surface area contributed by atoms with Crippen molar-refractivity contribution in [1.29, 1.82) is 0 Å². The molecule has 0 saturated carbocycles. The summed E-state index contributed by atoms with van der Waals surface area (Å²) in [5, 5.41) is 37.6. The van der Waals surface area contributed by atoms with Crippen molar-refractivity contribution in [3.05, 3.63) is 95.1 Å². The Morgan fingerprint density at radius 2 is 0.706 bits per heavy atom. The van der Waals surface area contributed by atoms with Crippen LogP contribution in [0.15, 0.2) is 72.8 Å². The zero-order valence-corrected chi connectivity index (χ0v) is 18.4. The van der Waals surface area contributed by atoms with Crippen molar-refractivity contribution in [3.8, 4) is 23.0 Å². The van der Waals surface area contributed by atoms with Crippen LogP contribution < -0.4 is 22.9 Å². The van der Waals surface area contributed by atoms with Crippen LogP contribution in [0.25, 0.3) is 0 Å². The van der Waals surface area contributed by atoms with Gasteiger partial charge in [0.1, 0.15) is 23.0 Å². The molecule has 0 spiro atoms. The van der Waals surface area contributed by atoms with E-state index in [0.717, 1.165) is 22.3 Å². The Balaban J connectivity index is 0.000000191. The predicted octanol–water partition coefficient (Wildman–Crippen LogP) is 3.71. The lowest BCUT2D eigenvalue weighted by atomic mass is 10.0. The second-order valence-corrected chi connectivity index (χ2v) is 7.93. The maximum absolute atomic E-state index is 9.48. The number of aromatic hydroxyl groups is 4. The number of anilines is 4. The van der Waals surface area contributed by atoms with E-state index in [0.29, 0.717) is 35.6 Å². The van der Waals surface area contributed by atoms with E-state index < -0.39 is 0 Å². The van der Waals surface area contributed by atoms with Crippen molar-refractivity contribution in [2.24, 2.45) is 0 Å². The van der Waals surface area contributed by atoms with Crippen LogP contribution in [0.2, 0.25) is 0 Å². The first-order valence-electron chi connectivity index (χ1n) is 10.4. The highest BCUT2D eigenvalue weighted by atomic mass is 16.3. The summed E-state index contributed by atoms with van der Waals surface area (Å²) in [6.45, 7) is 0. The van der Waals surface area contributed by atoms with Crippen LogP contribution in [0.3, 0.4) is 0 Å². The molecule has 0 aromatic heterocycles. The van der Waals surface area contributed by atoms with Crippen molar-refractivity contribution in [3.63, 3.8) is 0 Å². The number of nitrogen functional groups attached to an aromatic ring is 4. The summed E-state index contributed by atoms with van der Waals surface area (Å²) in [6, 6.07) is 20.4. The molecule has 0 atom stereocenters. The van der Waals surface area contributed by atoms with Crippen LogP contribution in [0.1, 0.15) is 22.3 Å². The number of phenolic OH excluding ortho intramolecular Hbond substituents is 4. The molecule has 8 nitrogen and oxygen atoms in total. The molecule has 0 unspecified atom stereocenters. The fourth-order valence-electron chi connectivity index (χ4n) is 3.30. The lowest BCUT2D eigenvalue weighted by Gasteiger charge is -2.06. The van der Waals surface area contributed by atoms with Crippen LogP contribution in [0, 0.1) is 0 Å². The lowest BCUT2D eigenvalue weighted by molar-refractivity contribution is 0.476. The molecule has 0 saturated heterocycles. The van der Waals surface area contributed by atoms with Gasteiger partial charge in [-0.05, 0) is 83.6 Å². The maximum Gasteiger partial charge on any atom is 0.138 e. The first kappa shape index (κ1) is 23.9. The van der Waals surface area contributed by atoms with Crippen molar-refractivity contribution in [2.45, 2.75) is 12.8 Å². The molecular formula is C26H28N4O4. The van der Waals surface area contributed by atoms with E-state index in [1.54, 1.807) is 60.7 Å². The molecule has 4 aromatic carbocycles. The summed E-state index contributed by atoms with van der Waals surface area (Å²) < 4.78 is 0. The number of hydrogen-bond acceptors (Lipinski definition) is 8. The van der Waals surface area contributed by atoms with Gasteiger partial charge in [-0.2, -0.15) is 0 Å². The Morgan fingerprint density at radius 1 is 0.382 bits per heavy atom. The van der Waals surface area contributed by atoms with E-state index in [9.17, 15) is 20.4 Å². The molecule has 12 N–H and O–H groups in total. The average Bonchev–Trinajstić information content (AvgIpc) is 2.79. The SMILES string of the molecule is Nc1cc(Cc2ccc(O)c(N)c2)ccc1O.Nc1ccc(Cc2ccc(N)c(O)c2)cc1O. The minimum absolute atomic E-state index is 0.0715. The highest BCUT2D eigenvalue weighted by Crippen LogP contribution is 2.26. The third kappa shape index (κ3) is 6.17. The summed E-state index contributed by atoms with van der Waals surface area (Å²) >= 11 is 0. The number of rotatable bonds is 4. The van der Waals surface area contributed by atoms with Gasteiger partial charge < -0.3 is 43.4 Å². The predicted molar refractivity (Wildman–Crippen MR) is 136 cm³/mol. The summed E-state index contributed by atoms with van der Waals surface area (Å²) in [7, 11) is 0. The van der Waals surface area contributed by atoms with E-state index in [1.165, 1.54) is 0 Å². The largest absolute Gasteiger partial charge is 0.506 e. The van der Waals surface area contributed by atoms with Gasteiger partial charge in [-0.1, -0.05) is 24.3 Å². The summed E-state index contributed by atoms with van der Waals surface area (Å²) in [4.78, 5) is 0. The van der Waals surface area contributed by atoms with Gasteiger partial charge >= 0.3 is 0 Å². The van der Waals surface area contributed by atoms with Crippen LogP contribution in [-0.4, -0.2) is 20.4 Å². The van der Waals surface area contributed by atoms with Gasteiger partial charge in [-0.3, -0.25) is 0 Å². The molecule has 0 heterocycles. The second kappa shape index (κ2) is 10.3. The van der Waals surface area contributed by atoms with Crippen molar-refractivity contribution >= 4 is 22.7 Å². The summed E-state index contributed by atoms with van der Waals surface area (Å²) in [6.07, 6.45) is 1.25. The highest BCUT2D eigenvalue weighted by molar-refractivity contribution is 5.57. The lowest BCUT2D eigenvalue weighted by Crippen LogP contribution is -1.93. The Morgan fingerprint density at radius 3 is 1.03 bits per heavy atom. The van der Waals surface area contributed by atoms with Crippen LogP contribution in [0.4, 0.5) is 22.7 Å². The molecule has 0 amide bonds. The van der Waals surface area contributed by atoms with Crippen molar-refractivity contribution < 1.29 is 20.4 Å². The van der Waals surface area contributed by atoms with Gasteiger partial charge in [0.15, 0.2) is 0 Å². The average molecular weight is 461 g/mol.